The molecule has 6 heterocycles. The summed E-state index contributed by atoms with van der Waals surface area (Å²) in [5.41, 5.74) is 12.6. The maximum Gasteiger partial charge on any atom is 0.328 e. The van der Waals surface area contributed by atoms with E-state index in [2.05, 4.69) is 49.1 Å². The van der Waals surface area contributed by atoms with Crippen molar-refractivity contribution >= 4 is 46.1 Å². The van der Waals surface area contributed by atoms with Crippen LogP contribution in [0.25, 0.3) is 22.3 Å². The predicted octanol–water partition coefficient (Wildman–Crippen LogP) is 6.44. The highest BCUT2D eigenvalue weighted by atomic mass is 16.5. The monoisotopic (exact) mass is 828 g/mol. The number of aromatic nitrogens is 4. The number of anilines is 3. The third kappa shape index (κ3) is 9.32. The first-order chi connectivity index (χ1) is 29.5. The van der Waals surface area contributed by atoms with Gasteiger partial charge >= 0.3 is 6.03 Å². The Morgan fingerprint density at radius 2 is 1.70 bits per heavy atom. The molecule has 1 saturated carbocycles. The molecule has 2 aromatic carbocycles. The average Bonchev–Trinajstić information content (AvgIpc) is 3.65. The number of hydrogen-bond donors (Lipinski definition) is 4. The van der Waals surface area contributed by atoms with E-state index in [0.717, 1.165) is 59.9 Å². The number of hydrogen-bond acceptors (Lipinski definition) is 11. The molecule has 15 heteroatoms. The van der Waals surface area contributed by atoms with Gasteiger partial charge in [-0.05, 0) is 87.1 Å². The number of carbonyl (C=O) groups excluding carboxylic acids is 3. The van der Waals surface area contributed by atoms with Gasteiger partial charge in [0.25, 0.3) is 5.91 Å². The number of amides is 4. The lowest BCUT2D eigenvalue weighted by molar-refractivity contribution is -0.120. The smallest absolute Gasteiger partial charge is 0.328 e. The molecule has 0 radical (unpaired) electrons. The molecule has 3 unspecified atom stereocenters. The number of H-pyrrole nitrogens is 1. The Kier molecular flexibility index (Phi) is 12.5. The third-order valence-corrected chi connectivity index (χ3v) is 12.7. The van der Waals surface area contributed by atoms with Crippen LogP contribution in [-0.4, -0.2) is 111 Å². The van der Waals surface area contributed by atoms with Gasteiger partial charge in [0, 0.05) is 74.9 Å². The molecule has 4 aliphatic rings. The standard InChI is InChI=1S/C34H44N6O3.C12H12N4O2/c1-23-24(2)43-32(22-40(23)30-20-29(36-37-33(30)35)28-10-6-7-11-31(28)41)26-12-14-27(15-13-26)34(42)39-18-16-38(17-19-39)21-25-8-4-3-5-9-25;1-7-5-13-11-9(7)4-8(6-14-11)16-3-2-10(17)15-12(16)18/h6-7,10-15,20,23-25,32,41H,3-5,8-9,16-19,21-22H2,1-2H3,(H2,35,37);4-6H,2-3H2,1H3,(H,13,14)(H,15,17,18). The Bertz CT molecular complexity index is 2350. The number of aromatic hydroxyl groups is 1. The minimum Gasteiger partial charge on any atom is -0.507 e. The predicted molar refractivity (Wildman–Crippen MR) is 235 cm³/mol. The van der Waals surface area contributed by atoms with E-state index < -0.39 is 0 Å². The van der Waals surface area contributed by atoms with Gasteiger partial charge in [-0.2, -0.15) is 0 Å². The fourth-order valence-electron chi connectivity index (χ4n) is 8.93. The van der Waals surface area contributed by atoms with E-state index in [4.69, 9.17) is 10.5 Å². The van der Waals surface area contributed by atoms with Crippen molar-refractivity contribution in [2.45, 2.75) is 77.5 Å². The van der Waals surface area contributed by atoms with Crippen LogP contribution in [0.2, 0.25) is 0 Å². The number of para-hydroxylation sites is 1. The number of nitrogens with zero attached hydrogens (tertiary/aromatic N) is 7. The number of carbonyl (C=O) groups is 3. The number of phenolic OH excluding ortho intramolecular Hbond substituents is 1. The molecular weight excluding hydrogens is 773 g/mol. The molecule has 3 atom stereocenters. The number of ether oxygens (including phenoxy) is 1. The van der Waals surface area contributed by atoms with Gasteiger partial charge in [-0.15, -0.1) is 10.2 Å². The minimum atomic E-state index is -0.388. The van der Waals surface area contributed by atoms with Crippen molar-refractivity contribution in [1.29, 1.82) is 0 Å². The zero-order valence-corrected chi connectivity index (χ0v) is 35.2. The summed E-state index contributed by atoms with van der Waals surface area (Å²) >= 11 is 0. The van der Waals surface area contributed by atoms with Gasteiger partial charge in [0.15, 0.2) is 5.82 Å². The molecule has 15 nitrogen and oxygen atoms in total. The lowest BCUT2D eigenvalue weighted by Gasteiger charge is -2.43. The topological polar surface area (TPSA) is 186 Å². The number of aryl methyl sites for hydroxylation is 1. The third-order valence-electron chi connectivity index (χ3n) is 12.7. The van der Waals surface area contributed by atoms with Gasteiger partial charge in [0.2, 0.25) is 5.91 Å². The summed E-state index contributed by atoms with van der Waals surface area (Å²) in [6, 6.07) is 18.4. The van der Waals surface area contributed by atoms with Crippen LogP contribution >= 0.6 is 0 Å². The number of piperazine rings is 1. The van der Waals surface area contributed by atoms with E-state index in [1.807, 2.05) is 66.6 Å². The minimum absolute atomic E-state index is 0.0394. The second kappa shape index (κ2) is 18.3. The van der Waals surface area contributed by atoms with Crippen molar-refractivity contribution in [3.63, 3.8) is 0 Å². The van der Waals surface area contributed by atoms with Crippen molar-refractivity contribution in [1.82, 2.24) is 35.3 Å². The number of morpholine rings is 1. The number of phenols is 1. The number of fused-ring (bicyclic) bond motifs is 1. The van der Waals surface area contributed by atoms with E-state index in [-0.39, 0.29) is 41.8 Å². The lowest BCUT2D eigenvalue weighted by atomic mass is 9.89. The average molecular weight is 829 g/mol. The number of rotatable bonds is 7. The number of urea groups is 1. The van der Waals surface area contributed by atoms with Gasteiger partial charge in [-0.1, -0.05) is 43.5 Å². The van der Waals surface area contributed by atoms with Crippen molar-refractivity contribution in [3.05, 3.63) is 89.7 Å². The largest absolute Gasteiger partial charge is 0.507 e. The summed E-state index contributed by atoms with van der Waals surface area (Å²) in [7, 11) is 0. The van der Waals surface area contributed by atoms with Crippen molar-refractivity contribution < 1.29 is 24.2 Å². The summed E-state index contributed by atoms with van der Waals surface area (Å²) in [4.78, 5) is 51.8. The van der Waals surface area contributed by atoms with Crippen molar-refractivity contribution in [2.75, 3.05) is 61.3 Å². The highest BCUT2D eigenvalue weighted by Gasteiger charge is 2.35. The number of nitrogen functional groups attached to an aromatic ring is 1. The van der Waals surface area contributed by atoms with E-state index in [9.17, 15) is 19.5 Å². The van der Waals surface area contributed by atoms with Crippen LogP contribution in [0.4, 0.5) is 22.0 Å². The van der Waals surface area contributed by atoms with Crippen LogP contribution in [0.15, 0.2) is 73.1 Å². The van der Waals surface area contributed by atoms with Crippen molar-refractivity contribution in [3.8, 4) is 17.0 Å². The molecule has 320 valence electrons. The first-order valence-electron chi connectivity index (χ1n) is 21.5. The Balaban J connectivity index is 0.000000237. The number of imide groups is 1. The van der Waals surface area contributed by atoms with E-state index in [1.54, 1.807) is 18.3 Å². The van der Waals surface area contributed by atoms with Crippen LogP contribution in [-0.2, 0) is 9.53 Å². The Morgan fingerprint density at radius 3 is 2.44 bits per heavy atom. The number of nitrogens with two attached hydrogens (primary N) is 1. The fraction of sp³-hybridized carbons (Fsp3) is 0.435. The van der Waals surface area contributed by atoms with Crippen molar-refractivity contribution in [2.24, 2.45) is 5.92 Å². The van der Waals surface area contributed by atoms with Crippen LogP contribution in [0.1, 0.15) is 80.0 Å². The first kappa shape index (κ1) is 41.7. The molecule has 4 amide bonds. The summed E-state index contributed by atoms with van der Waals surface area (Å²) in [5.74, 6) is 1.17. The van der Waals surface area contributed by atoms with Crippen LogP contribution in [0.5, 0.6) is 5.75 Å². The van der Waals surface area contributed by atoms with Gasteiger partial charge in [0.05, 0.1) is 35.4 Å². The Morgan fingerprint density at radius 1 is 0.951 bits per heavy atom. The van der Waals surface area contributed by atoms with Gasteiger partial charge in [-0.25, -0.2) is 9.78 Å². The molecule has 4 fully saturated rings. The number of benzene rings is 2. The molecule has 5 N–H and O–H groups in total. The SMILES string of the molecule is CC1OC(c2ccc(C(=O)N3CCN(CC4CCCCC4)CC3)cc2)CN(c2cc(-c3ccccc3O)nnc2N)C1C.Cc1c[nH]c2ncc(N3CCC(=O)NC3=O)cc12. The van der Waals surface area contributed by atoms with Gasteiger partial charge in [0.1, 0.15) is 17.5 Å². The summed E-state index contributed by atoms with van der Waals surface area (Å²) in [6.07, 6.45) is 10.4. The van der Waals surface area contributed by atoms with Gasteiger partial charge < -0.3 is 30.4 Å². The molecule has 1 aliphatic carbocycles. The molecule has 0 bridgehead atoms. The fourth-order valence-corrected chi connectivity index (χ4v) is 8.93. The van der Waals surface area contributed by atoms with E-state index in [1.165, 1.54) is 43.5 Å². The van der Waals surface area contributed by atoms with E-state index in [0.29, 0.717) is 47.8 Å². The zero-order chi connectivity index (χ0) is 42.6. The molecule has 3 aliphatic heterocycles. The quantitative estimate of drug-likeness (QED) is 0.142. The molecule has 3 saturated heterocycles. The van der Waals surface area contributed by atoms with Crippen LogP contribution < -0.4 is 20.9 Å². The summed E-state index contributed by atoms with van der Waals surface area (Å²) in [6.45, 7) is 11.8. The second-order valence-electron chi connectivity index (χ2n) is 16.8. The summed E-state index contributed by atoms with van der Waals surface area (Å²) < 4.78 is 6.44. The number of pyridine rings is 1. The van der Waals surface area contributed by atoms with E-state index >= 15 is 0 Å². The number of nitrogens with one attached hydrogen (secondary N) is 2. The Labute approximate surface area is 356 Å². The van der Waals surface area contributed by atoms with Gasteiger partial charge in [-0.3, -0.25) is 24.7 Å². The second-order valence-corrected chi connectivity index (χ2v) is 16.8. The zero-order valence-electron chi connectivity index (χ0n) is 35.2. The molecule has 9 rings (SSSR count). The maximum atomic E-state index is 13.3. The molecule has 61 heavy (non-hydrogen) atoms. The molecular formula is C46H56N10O5. The first-order valence-corrected chi connectivity index (χ1v) is 21.5. The summed E-state index contributed by atoms with van der Waals surface area (Å²) in [5, 5.41) is 22.1. The lowest BCUT2D eigenvalue weighted by Crippen LogP contribution is -2.50. The highest BCUT2D eigenvalue weighted by molar-refractivity contribution is 6.06. The molecule has 3 aromatic heterocycles. The maximum absolute atomic E-state index is 13.3. The number of aromatic amines is 1. The Hall–Kier alpha value is -6.06. The molecule has 5 aromatic rings. The highest BCUT2D eigenvalue weighted by Crippen LogP contribution is 2.37. The van der Waals surface area contributed by atoms with Crippen LogP contribution in [0, 0.1) is 12.8 Å². The van der Waals surface area contributed by atoms with Crippen LogP contribution in [0.3, 0.4) is 0 Å². The molecule has 0 spiro atoms. The normalized spacial score (nSPS) is 21.6.